The lowest BCUT2D eigenvalue weighted by molar-refractivity contribution is 0.0971. The van der Waals surface area contributed by atoms with Gasteiger partial charge in [0.1, 0.15) is 0 Å². The van der Waals surface area contributed by atoms with E-state index < -0.39 is 14.4 Å². The molecule has 0 heterocycles. The summed E-state index contributed by atoms with van der Waals surface area (Å²) in [6, 6.07) is 0. The van der Waals surface area contributed by atoms with Crippen LogP contribution in [0.2, 0.25) is 18.1 Å². The van der Waals surface area contributed by atoms with Crippen LogP contribution >= 0.6 is 0 Å². The number of hydrogen-bond acceptors (Lipinski definition) is 2. The number of rotatable bonds is 7. The summed E-state index contributed by atoms with van der Waals surface area (Å²) in [6.45, 7) is 19.0. The Morgan fingerprint density at radius 2 is 1.82 bits per heavy atom. The second kappa shape index (κ2) is 6.52. The maximum Gasteiger partial charge on any atom is 0.192 e. The summed E-state index contributed by atoms with van der Waals surface area (Å²) < 4.78 is 6.09. The van der Waals surface area contributed by atoms with Gasteiger partial charge in [-0.15, -0.1) is 13.2 Å². The lowest BCUT2D eigenvalue weighted by Gasteiger charge is -2.37. The normalized spacial score (nSPS) is 16.4. The molecule has 0 aromatic heterocycles. The standard InChI is InChI=1S/C14H28O2Si/c1-8-10-13(15)12(9-2)11-16-17(6,7)14(3,4)5/h8-9,12-13,15H,1-2,10-11H2,3-7H3/t12-,13-/m1/s1. The maximum absolute atomic E-state index is 9.90. The van der Waals surface area contributed by atoms with E-state index in [2.05, 4.69) is 47.0 Å². The van der Waals surface area contributed by atoms with E-state index in [1.807, 2.05) is 0 Å². The molecule has 0 saturated heterocycles. The van der Waals surface area contributed by atoms with Crippen LogP contribution in [-0.2, 0) is 4.43 Å². The number of aliphatic hydroxyl groups excluding tert-OH is 1. The Kier molecular flexibility index (Phi) is 6.38. The summed E-state index contributed by atoms with van der Waals surface area (Å²) in [7, 11) is -1.74. The van der Waals surface area contributed by atoms with Crippen molar-refractivity contribution < 1.29 is 9.53 Å². The molecule has 0 bridgehead atoms. The summed E-state index contributed by atoms with van der Waals surface area (Å²) in [6.07, 6.45) is 3.65. The molecule has 0 radical (unpaired) electrons. The molecule has 3 heteroatoms. The lowest BCUT2D eigenvalue weighted by atomic mass is 10.0. The first kappa shape index (κ1) is 16.6. The van der Waals surface area contributed by atoms with Crippen molar-refractivity contribution in [3.63, 3.8) is 0 Å². The molecule has 0 rings (SSSR count). The van der Waals surface area contributed by atoms with Crippen LogP contribution in [0.5, 0.6) is 0 Å². The van der Waals surface area contributed by atoms with Gasteiger partial charge in [0, 0.05) is 12.5 Å². The van der Waals surface area contributed by atoms with Crippen LogP contribution in [0, 0.1) is 5.92 Å². The van der Waals surface area contributed by atoms with Crippen molar-refractivity contribution in [2.45, 2.75) is 51.4 Å². The van der Waals surface area contributed by atoms with Crippen molar-refractivity contribution >= 4 is 8.32 Å². The van der Waals surface area contributed by atoms with Crippen LogP contribution in [-0.4, -0.2) is 26.1 Å². The average molecular weight is 256 g/mol. The Morgan fingerprint density at radius 3 is 2.18 bits per heavy atom. The Bertz CT molecular complexity index is 253. The van der Waals surface area contributed by atoms with Crippen molar-refractivity contribution in [1.29, 1.82) is 0 Å². The molecule has 0 aliphatic heterocycles. The van der Waals surface area contributed by atoms with Crippen LogP contribution in [0.15, 0.2) is 25.3 Å². The third kappa shape index (κ3) is 5.19. The fraction of sp³-hybridized carbons (Fsp3) is 0.714. The van der Waals surface area contributed by atoms with E-state index in [0.717, 1.165) is 0 Å². The van der Waals surface area contributed by atoms with Gasteiger partial charge >= 0.3 is 0 Å². The monoisotopic (exact) mass is 256 g/mol. The van der Waals surface area contributed by atoms with E-state index in [4.69, 9.17) is 4.43 Å². The van der Waals surface area contributed by atoms with Gasteiger partial charge < -0.3 is 9.53 Å². The predicted octanol–water partition coefficient (Wildman–Crippen LogP) is 3.75. The molecule has 0 saturated carbocycles. The first-order valence-electron chi connectivity index (χ1n) is 6.21. The van der Waals surface area contributed by atoms with Gasteiger partial charge in [-0.3, -0.25) is 0 Å². The first-order chi connectivity index (χ1) is 7.65. The highest BCUT2D eigenvalue weighted by molar-refractivity contribution is 6.74. The van der Waals surface area contributed by atoms with Gasteiger partial charge in [-0.1, -0.05) is 32.9 Å². The Hall–Kier alpha value is -0.383. The van der Waals surface area contributed by atoms with Gasteiger partial charge in [0.05, 0.1) is 6.10 Å². The van der Waals surface area contributed by atoms with Crippen molar-refractivity contribution in [1.82, 2.24) is 0 Å². The molecule has 0 aliphatic rings. The fourth-order valence-corrected chi connectivity index (χ4v) is 2.24. The second-order valence-corrected chi connectivity index (χ2v) is 10.9. The zero-order valence-corrected chi connectivity index (χ0v) is 13.0. The van der Waals surface area contributed by atoms with E-state index in [1.54, 1.807) is 12.2 Å². The van der Waals surface area contributed by atoms with Crippen LogP contribution in [0.4, 0.5) is 0 Å². The van der Waals surface area contributed by atoms with E-state index in [9.17, 15) is 5.11 Å². The highest BCUT2D eigenvalue weighted by atomic mass is 28.4. The Morgan fingerprint density at radius 1 is 1.29 bits per heavy atom. The van der Waals surface area contributed by atoms with Gasteiger partial charge in [0.2, 0.25) is 0 Å². The Labute approximate surface area is 108 Å². The molecule has 0 aliphatic carbocycles. The molecule has 17 heavy (non-hydrogen) atoms. The minimum atomic E-state index is -1.74. The van der Waals surface area contributed by atoms with E-state index >= 15 is 0 Å². The van der Waals surface area contributed by atoms with Gasteiger partial charge in [0.25, 0.3) is 0 Å². The highest BCUT2D eigenvalue weighted by Crippen LogP contribution is 2.36. The Balaban J connectivity index is 4.42. The van der Waals surface area contributed by atoms with Crippen LogP contribution in [0.3, 0.4) is 0 Å². The zero-order chi connectivity index (χ0) is 13.7. The topological polar surface area (TPSA) is 29.5 Å². The molecule has 0 amide bonds. The lowest BCUT2D eigenvalue weighted by Crippen LogP contribution is -2.42. The largest absolute Gasteiger partial charge is 0.416 e. The third-order valence-corrected chi connectivity index (χ3v) is 8.15. The van der Waals surface area contributed by atoms with Crippen molar-refractivity contribution in [2.24, 2.45) is 5.92 Å². The zero-order valence-electron chi connectivity index (χ0n) is 12.0. The molecule has 100 valence electrons. The van der Waals surface area contributed by atoms with Crippen molar-refractivity contribution in [2.75, 3.05) is 6.61 Å². The summed E-state index contributed by atoms with van der Waals surface area (Å²) in [5.74, 6) is -0.0119. The molecule has 0 aromatic carbocycles. The molecular weight excluding hydrogens is 228 g/mol. The van der Waals surface area contributed by atoms with Crippen LogP contribution < -0.4 is 0 Å². The summed E-state index contributed by atoms with van der Waals surface area (Å²) in [5.41, 5.74) is 0. The fourth-order valence-electron chi connectivity index (χ4n) is 1.20. The number of aliphatic hydroxyl groups is 1. The van der Waals surface area contributed by atoms with Crippen molar-refractivity contribution in [3.8, 4) is 0 Å². The minimum Gasteiger partial charge on any atom is -0.416 e. The van der Waals surface area contributed by atoms with E-state index in [-0.39, 0.29) is 11.0 Å². The predicted molar refractivity (Wildman–Crippen MR) is 77.7 cm³/mol. The maximum atomic E-state index is 9.90. The highest BCUT2D eigenvalue weighted by Gasteiger charge is 2.37. The average Bonchev–Trinajstić information content (AvgIpc) is 2.17. The van der Waals surface area contributed by atoms with Crippen LogP contribution in [0.1, 0.15) is 27.2 Å². The molecule has 0 unspecified atom stereocenters. The van der Waals surface area contributed by atoms with Gasteiger partial charge in [-0.2, -0.15) is 0 Å². The van der Waals surface area contributed by atoms with Crippen molar-refractivity contribution in [3.05, 3.63) is 25.3 Å². The van der Waals surface area contributed by atoms with E-state index in [1.165, 1.54) is 0 Å². The summed E-state index contributed by atoms with van der Waals surface area (Å²) >= 11 is 0. The third-order valence-electron chi connectivity index (χ3n) is 3.65. The minimum absolute atomic E-state index is 0.0119. The van der Waals surface area contributed by atoms with Gasteiger partial charge in [0.15, 0.2) is 8.32 Å². The molecule has 2 nitrogen and oxygen atoms in total. The molecule has 0 aromatic rings. The molecule has 1 N–H and O–H groups in total. The molecule has 0 spiro atoms. The SMILES string of the molecule is C=CC[C@@H](O)[C@H](C=C)CO[Si](C)(C)C(C)(C)C. The second-order valence-electron chi connectivity index (χ2n) is 6.06. The van der Waals surface area contributed by atoms with Crippen LogP contribution in [0.25, 0.3) is 0 Å². The van der Waals surface area contributed by atoms with Gasteiger partial charge in [-0.05, 0) is 24.6 Å². The van der Waals surface area contributed by atoms with E-state index in [0.29, 0.717) is 13.0 Å². The molecule has 2 atom stereocenters. The smallest absolute Gasteiger partial charge is 0.192 e. The molecular formula is C14H28O2Si. The quantitative estimate of drug-likeness (QED) is 0.555. The first-order valence-corrected chi connectivity index (χ1v) is 9.12. The number of hydrogen-bond donors (Lipinski definition) is 1. The summed E-state index contributed by atoms with van der Waals surface area (Å²) in [4.78, 5) is 0. The van der Waals surface area contributed by atoms with Gasteiger partial charge in [-0.25, -0.2) is 0 Å². The molecule has 0 fully saturated rings. The summed E-state index contributed by atoms with van der Waals surface area (Å²) in [5, 5.41) is 10.1.